The standard InChI is InChI=1S/C7H6O3.C4H10/c8-6-4-2-1-3-5(6)7(9)10;1-4(2)3/h1-4,8H,(H,9,10);4H,1-3H3. The van der Waals surface area contributed by atoms with Gasteiger partial charge in [0.15, 0.2) is 0 Å². The van der Waals surface area contributed by atoms with Gasteiger partial charge in [0.05, 0.1) is 0 Å². The SMILES string of the molecule is CC(C)C.O=C(O)c1ccccc1O. The molecule has 2 N–H and O–H groups in total. The zero-order valence-corrected chi connectivity index (χ0v) is 8.69. The minimum absolute atomic E-state index is 0.0671. The number of carbonyl (C=O) groups is 1. The van der Waals surface area contributed by atoms with E-state index in [1.165, 1.54) is 12.1 Å². The Morgan fingerprint density at radius 1 is 1.21 bits per heavy atom. The molecule has 0 aliphatic carbocycles. The molecular formula is C11H16O3. The summed E-state index contributed by atoms with van der Waals surface area (Å²) in [5.74, 6) is -0.479. The van der Waals surface area contributed by atoms with Crippen molar-refractivity contribution >= 4 is 5.97 Å². The van der Waals surface area contributed by atoms with Gasteiger partial charge in [-0.25, -0.2) is 4.79 Å². The highest BCUT2D eigenvalue weighted by atomic mass is 16.4. The monoisotopic (exact) mass is 196 g/mol. The third kappa shape index (κ3) is 5.19. The number of hydrogen-bond acceptors (Lipinski definition) is 2. The maximum absolute atomic E-state index is 10.3. The molecule has 0 heterocycles. The van der Waals surface area contributed by atoms with Crippen molar-refractivity contribution in [2.75, 3.05) is 0 Å². The number of aromatic carboxylic acids is 1. The van der Waals surface area contributed by atoms with E-state index in [9.17, 15) is 4.79 Å². The van der Waals surface area contributed by atoms with E-state index in [1.807, 2.05) is 0 Å². The third-order valence-corrected chi connectivity index (χ3v) is 1.13. The Morgan fingerprint density at radius 3 is 1.93 bits per heavy atom. The Balaban J connectivity index is 0.000000364. The first kappa shape index (κ1) is 12.5. The lowest BCUT2D eigenvalue weighted by Crippen LogP contribution is -1.95. The van der Waals surface area contributed by atoms with Crippen molar-refractivity contribution in [1.29, 1.82) is 0 Å². The van der Waals surface area contributed by atoms with Gasteiger partial charge in [0.25, 0.3) is 0 Å². The van der Waals surface area contributed by atoms with Crippen LogP contribution in [0.2, 0.25) is 0 Å². The molecule has 3 nitrogen and oxygen atoms in total. The lowest BCUT2D eigenvalue weighted by atomic mass is 10.2. The van der Waals surface area contributed by atoms with Crippen molar-refractivity contribution in [2.24, 2.45) is 5.92 Å². The zero-order chi connectivity index (χ0) is 11.1. The quantitative estimate of drug-likeness (QED) is 0.726. The molecule has 0 bridgehead atoms. The topological polar surface area (TPSA) is 57.5 Å². The van der Waals surface area contributed by atoms with E-state index in [0.717, 1.165) is 5.92 Å². The van der Waals surface area contributed by atoms with E-state index >= 15 is 0 Å². The summed E-state index contributed by atoms with van der Waals surface area (Å²) >= 11 is 0. The molecule has 0 unspecified atom stereocenters. The molecule has 1 aromatic rings. The molecule has 0 radical (unpaired) electrons. The van der Waals surface area contributed by atoms with E-state index in [2.05, 4.69) is 20.8 Å². The minimum atomic E-state index is -1.11. The molecule has 1 rings (SSSR count). The predicted molar refractivity (Wildman–Crippen MR) is 55.6 cm³/mol. The first-order valence-corrected chi connectivity index (χ1v) is 4.46. The van der Waals surface area contributed by atoms with Crippen LogP contribution in [0.15, 0.2) is 24.3 Å². The highest BCUT2D eigenvalue weighted by Crippen LogP contribution is 2.14. The first-order chi connectivity index (χ1) is 6.45. The van der Waals surface area contributed by atoms with Gasteiger partial charge in [-0.3, -0.25) is 0 Å². The largest absolute Gasteiger partial charge is 0.507 e. The number of carboxylic acid groups (broad SMARTS) is 1. The van der Waals surface area contributed by atoms with Crippen LogP contribution >= 0.6 is 0 Å². The van der Waals surface area contributed by atoms with Crippen LogP contribution < -0.4 is 0 Å². The van der Waals surface area contributed by atoms with E-state index in [-0.39, 0.29) is 11.3 Å². The van der Waals surface area contributed by atoms with Crippen LogP contribution in [0.25, 0.3) is 0 Å². The average molecular weight is 196 g/mol. The molecule has 0 saturated heterocycles. The summed E-state index contributed by atoms with van der Waals surface area (Å²) in [6.07, 6.45) is 0. The fraction of sp³-hybridized carbons (Fsp3) is 0.364. The molecule has 0 aliphatic heterocycles. The van der Waals surface area contributed by atoms with Gasteiger partial charge in [0, 0.05) is 0 Å². The van der Waals surface area contributed by atoms with Crippen molar-refractivity contribution in [3.05, 3.63) is 29.8 Å². The fourth-order valence-corrected chi connectivity index (χ4v) is 0.654. The Hall–Kier alpha value is -1.51. The van der Waals surface area contributed by atoms with Crippen molar-refractivity contribution in [3.8, 4) is 5.75 Å². The second kappa shape index (κ2) is 6.02. The second-order valence-corrected chi connectivity index (χ2v) is 3.55. The summed E-state index contributed by atoms with van der Waals surface area (Å²) in [5, 5.41) is 17.3. The zero-order valence-electron chi connectivity index (χ0n) is 8.69. The Labute approximate surface area is 84.0 Å². The maximum atomic E-state index is 10.3. The van der Waals surface area contributed by atoms with Crippen LogP contribution in [0.4, 0.5) is 0 Å². The molecule has 14 heavy (non-hydrogen) atoms. The molecule has 0 amide bonds. The van der Waals surface area contributed by atoms with Crippen molar-refractivity contribution in [1.82, 2.24) is 0 Å². The van der Waals surface area contributed by atoms with E-state index < -0.39 is 5.97 Å². The molecule has 78 valence electrons. The van der Waals surface area contributed by atoms with Crippen molar-refractivity contribution < 1.29 is 15.0 Å². The molecule has 1 aromatic carbocycles. The van der Waals surface area contributed by atoms with E-state index in [4.69, 9.17) is 10.2 Å². The summed E-state index contributed by atoms with van der Waals surface area (Å²) in [5.41, 5.74) is -0.0671. The van der Waals surface area contributed by atoms with Crippen LogP contribution in [-0.2, 0) is 0 Å². The van der Waals surface area contributed by atoms with Gasteiger partial charge in [0.1, 0.15) is 11.3 Å². The molecule has 0 fully saturated rings. The predicted octanol–water partition coefficient (Wildman–Crippen LogP) is 2.75. The van der Waals surface area contributed by atoms with E-state index in [0.29, 0.717) is 0 Å². The van der Waals surface area contributed by atoms with Crippen LogP contribution in [0.3, 0.4) is 0 Å². The molecule has 3 heteroatoms. The number of aromatic hydroxyl groups is 1. The number of hydrogen-bond donors (Lipinski definition) is 2. The van der Waals surface area contributed by atoms with Gasteiger partial charge in [-0.15, -0.1) is 0 Å². The molecular weight excluding hydrogens is 180 g/mol. The highest BCUT2D eigenvalue weighted by molar-refractivity contribution is 5.90. The van der Waals surface area contributed by atoms with Crippen LogP contribution in [-0.4, -0.2) is 16.2 Å². The molecule has 0 saturated carbocycles. The van der Waals surface area contributed by atoms with Gasteiger partial charge in [-0.05, 0) is 18.1 Å². The number of rotatable bonds is 1. The summed E-state index contributed by atoms with van der Waals surface area (Å²) in [7, 11) is 0. The summed E-state index contributed by atoms with van der Waals surface area (Å²) in [4.78, 5) is 10.3. The first-order valence-electron chi connectivity index (χ1n) is 4.46. The number of carboxylic acids is 1. The summed E-state index contributed by atoms with van der Waals surface area (Å²) in [6.45, 7) is 6.50. The minimum Gasteiger partial charge on any atom is -0.507 e. The Bertz CT molecular complexity index is 290. The van der Waals surface area contributed by atoms with Gasteiger partial charge >= 0.3 is 5.97 Å². The van der Waals surface area contributed by atoms with Crippen LogP contribution in [0, 0.1) is 5.92 Å². The Kier molecular flexibility index (Phi) is 5.37. The van der Waals surface area contributed by atoms with Gasteiger partial charge in [-0.1, -0.05) is 32.9 Å². The van der Waals surface area contributed by atoms with Gasteiger partial charge in [-0.2, -0.15) is 0 Å². The number of para-hydroxylation sites is 1. The summed E-state index contributed by atoms with van der Waals surface area (Å²) in [6, 6.07) is 5.81. The lowest BCUT2D eigenvalue weighted by molar-refractivity contribution is 0.0694. The number of benzene rings is 1. The molecule has 0 spiro atoms. The number of phenols is 1. The Morgan fingerprint density at radius 2 is 1.64 bits per heavy atom. The third-order valence-electron chi connectivity index (χ3n) is 1.13. The van der Waals surface area contributed by atoms with Gasteiger partial charge in [0.2, 0.25) is 0 Å². The fourth-order valence-electron chi connectivity index (χ4n) is 0.654. The van der Waals surface area contributed by atoms with Crippen LogP contribution in [0.1, 0.15) is 31.1 Å². The molecule has 0 aliphatic rings. The normalized spacial score (nSPS) is 9.14. The average Bonchev–Trinajstić information content (AvgIpc) is 2.03. The van der Waals surface area contributed by atoms with Gasteiger partial charge < -0.3 is 10.2 Å². The molecule has 0 aromatic heterocycles. The second-order valence-electron chi connectivity index (χ2n) is 3.55. The van der Waals surface area contributed by atoms with Crippen molar-refractivity contribution in [2.45, 2.75) is 20.8 Å². The smallest absolute Gasteiger partial charge is 0.339 e. The summed E-state index contributed by atoms with van der Waals surface area (Å²) < 4.78 is 0. The van der Waals surface area contributed by atoms with Crippen molar-refractivity contribution in [3.63, 3.8) is 0 Å². The van der Waals surface area contributed by atoms with E-state index in [1.54, 1.807) is 12.1 Å². The lowest BCUT2D eigenvalue weighted by Gasteiger charge is -1.95. The molecule has 0 atom stereocenters. The maximum Gasteiger partial charge on any atom is 0.339 e. The highest BCUT2D eigenvalue weighted by Gasteiger charge is 2.05. The van der Waals surface area contributed by atoms with Crippen LogP contribution in [0.5, 0.6) is 5.75 Å².